The van der Waals surface area contributed by atoms with Gasteiger partial charge in [0.05, 0.1) is 19.3 Å². The van der Waals surface area contributed by atoms with Crippen molar-refractivity contribution in [2.45, 2.75) is 24.9 Å². The van der Waals surface area contributed by atoms with E-state index < -0.39 is 11.0 Å². The minimum atomic E-state index is -0.943. The summed E-state index contributed by atoms with van der Waals surface area (Å²) in [6.45, 7) is 0.825. The molecule has 0 aromatic heterocycles. The van der Waals surface area contributed by atoms with E-state index in [1.54, 1.807) is 0 Å². The van der Waals surface area contributed by atoms with Gasteiger partial charge in [-0.25, -0.2) is 0 Å². The van der Waals surface area contributed by atoms with Crippen LogP contribution in [0.2, 0.25) is 0 Å². The van der Waals surface area contributed by atoms with Gasteiger partial charge in [-0.3, -0.25) is 4.79 Å². The second-order valence-electron chi connectivity index (χ2n) is 4.52. The molecule has 0 aromatic rings. The van der Waals surface area contributed by atoms with E-state index in [2.05, 4.69) is 0 Å². The van der Waals surface area contributed by atoms with Gasteiger partial charge in [-0.05, 0) is 30.8 Å². The Bertz CT molecular complexity index is 267. The van der Waals surface area contributed by atoms with E-state index in [9.17, 15) is 9.90 Å². The number of methoxy groups -OCH3 is 1. The van der Waals surface area contributed by atoms with Crippen molar-refractivity contribution in [1.82, 2.24) is 0 Å². The summed E-state index contributed by atoms with van der Waals surface area (Å²) < 4.78 is 10.2. The van der Waals surface area contributed by atoms with Gasteiger partial charge < -0.3 is 14.6 Å². The third-order valence-corrected chi connectivity index (χ3v) is 4.79. The third-order valence-electron chi connectivity index (χ3n) is 3.81. The molecule has 2 rings (SSSR count). The smallest absolute Gasteiger partial charge is 0.317 e. The topological polar surface area (TPSA) is 55.8 Å². The summed E-state index contributed by atoms with van der Waals surface area (Å²) in [5.74, 6) is 1.48. The molecule has 92 valence electrons. The first-order chi connectivity index (χ1) is 7.65. The van der Waals surface area contributed by atoms with Crippen LogP contribution in [0.4, 0.5) is 0 Å². The number of aliphatic hydroxyl groups is 1. The monoisotopic (exact) mass is 246 g/mol. The van der Waals surface area contributed by atoms with Crippen LogP contribution in [0.5, 0.6) is 0 Å². The lowest BCUT2D eigenvalue weighted by Crippen LogP contribution is -2.56. The molecule has 1 atom stereocenters. The molecular weight excluding hydrogens is 228 g/mol. The summed E-state index contributed by atoms with van der Waals surface area (Å²) in [6.07, 6.45) is 1.87. The van der Waals surface area contributed by atoms with Crippen molar-refractivity contribution in [3.05, 3.63) is 0 Å². The number of thioether (sulfide) groups is 1. The third kappa shape index (κ3) is 1.75. The first-order valence-electron chi connectivity index (χ1n) is 5.61. The summed E-state index contributed by atoms with van der Waals surface area (Å²) in [5.41, 5.74) is -1.77. The van der Waals surface area contributed by atoms with Gasteiger partial charge in [-0.15, -0.1) is 0 Å². The molecule has 5 heteroatoms. The minimum absolute atomic E-state index is 0.292. The van der Waals surface area contributed by atoms with E-state index in [-0.39, 0.29) is 5.97 Å². The lowest BCUT2D eigenvalue weighted by molar-refractivity contribution is -0.174. The quantitative estimate of drug-likeness (QED) is 0.731. The van der Waals surface area contributed by atoms with E-state index in [1.807, 2.05) is 11.8 Å². The van der Waals surface area contributed by atoms with Gasteiger partial charge in [-0.2, -0.15) is 11.8 Å². The summed E-state index contributed by atoms with van der Waals surface area (Å²) in [5, 5.41) is 10.7. The molecule has 16 heavy (non-hydrogen) atoms. The molecule has 2 heterocycles. The van der Waals surface area contributed by atoms with E-state index >= 15 is 0 Å². The van der Waals surface area contributed by atoms with Crippen LogP contribution in [0.15, 0.2) is 0 Å². The predicted molar refractivity (Wildman–Crippen MR) is 61.4 cm³/mol. The van der Waals surface area contributed by atoms with Crippen LogP contribution < -0.4 is 0 Å². The van der Waals surface area contributed by atoms with Gasteiger partial charge in [0.15, 0.2) is 0 Å². The number of carbonyl (C=O) groups excluding carboxylic acids is 1. The van der Waals surface area contributed by atoms with Gasteiger partial charge >= 0.3 is 5.97 Å². The standard InChI is InChI=1S/C11H18O4S/c1-14-9(12)10(2-5-15-8-10)11(13)3-6-16-7-4-11/h13H,2-8H2,1H3. The number of esters is 1. The van der Waals surface area contributed by atoms with Crippen molar-refractivity contribution in [1.29, 1.82) is 0 Å². The van der Waals surface area contributed by atoms with Crippen molar-refractivity contribution >= 4 is 17.7 Å². The number of rotatable bonds is 2. The average molecular weight is 246 g/mol. The number of ether oxygens (including phenoxy) is 2. The molecule has 0 amide bonds. The van der Waals surface area contributed by atoms with Gasteiger partial charge in [0.25, 0.3) is 0 Å². The zero-order valence-electron chi connectivity index (χ0n) is 9.53. The fourth-order valence-corrected chi connectivity index (χ4v) is 3.83. The first kappa shape index (κ1) is 12.2. The molecule has 1 N–H and O–H groups in total. The minimum Gasteiger partial charge on any atom is -0.468 e. The van der Waals surface area contributed by atoms with Crippen LogP contribution in [0.25, 0.3) is 0 Å². The molecule has 0 aliphatic carbocycles. The molecule has 0 aromatic carbocycles. The Morgan fingerprint density at radius 2 is 2.06 bits per heavy atom. The lowest BCUT2D eigenvalue weighted by Gasteiger charge is -2.43. The van der Waals surface area contributed by atoms with Crippen molar-refractivity contribution in [2.24, 2.45) is 5.41 Å². The second kappa shape index (κ2) is 4.55. The highest BCUT2D eigenvalue weighted by Gasteiger charge is 2.58. The summed E-state index contributed by atoms with van der Waals surface area (Å²) in [4.78, 5) is 12.0. The fourth-order valence-electron chi connectivity index (χ4n) is 2.67. The lowest BCUT2D eigenvalue weighted by atomic mass is 9.68. The molecule has 0 spiro atoms. The highest BCUT2D eigenvalue weighted by Crippen LogP contribution is 2.47. The van der Waals surface area contributed by atoms with Crippen molar-refractivity contribution in [2.75, 3.05) is 31.8 Å². The number of carbonyl (C=O) groups is 1. The van der Waals surface area contributed by atoms with Crippen molar-refractivity contribution < 1.29 is 19.4 Å². The fraction of sp³-hybridized carbons (Fsp3) is 0.909. The maximum atomic E-state index is 12.0. The van der Waals surface area contributed by atoms with E-state index in [0.29, 0.717) is 32.5 Å². The Kier molecular flexibility index (Phi) is 3.47. The van der Waals surface area contributed by atoms with Crippen LogP contribution >= 0.6 is 11.8 Å². The van der Waals surface area contributed by atoms with Gasteiger partial charge in [0, 0.05) is 6.61 Å². The zero-order chi connectivity index (χ0) is 11.6. The molecule has 2 fully saturated rings. The van der Waals surface area contributed by atoms with Gasteiger partial charge in [-0.1, -0.05) is 0 Å². The Labute approximate surface area is 99.7 Å². The molecule has 2 aliphatic heterocycles. The average Bonchev–Trinajstić information content (AvgIpc) is 2.80. The molecule has 0 saturated carbocycles. The summed E-state index contributed by atoms with van der Waals surface area (Å²) in [6, 6.07) is 0. The van der Waals surface area contributed by atoms with E-state index in [4.69, 9.17) is 9.47 Å². The summed E-state index contributed by atoms with van der Waals surface area (Å²) in [7, 11) is 1.38. The van der Waals surface area contributed by atoms with Crippen LogP contribution in [0, 0.1) is 5.41 Å². The second-order valence-corrected chi connectivity index (χ2v) is 5.74. The number of hydrogen-bond acceptors (Lipinski definition) is 5. The Hall–Kier alpha value is -0.260. The van der Waals surface area contributed by atoms with E-state index in [0.717, 1.165) is 11.5 Å². The van der Waals surface area contributed by atoms with E-state index in [1.165, 1.54) is 7.11 Å². The highest BCUT2D eigenvalue weighted by molar-refractivity contribution is 7.99. The van der Waals surface area contributed by atoms with Crippen LogP contribution in [-0.2, 0) is 14.3 Å². The predicted octanol–water partition coefficient (Wildman–Crippen LogP) is 0.824. The number of hydrogen-bond donors (Lipinski definition) is 1. The Morgan fingerprint density at radius 3 is 2.56 bits per heavy atom. The van der Waals surface area contributed by atoms with Gasteiger partial charge in [0.1, 0.15) is 5.41 Å². The largest absolute Gasteiger partial charge is 0.468 e. The first-order valence-corrected chi connectivity index (χ1v) is 6.76. The molecule has 2 aliphatic rings. The molecule has 0 bridgehead atoms. The van der Waals surface area contributed by atoms with Crippen LogP contribution in [0.3, 0.4) is 0 Å². The van der Waals surface area contributed by atoms with Crippen molar-refractivity contribution in [3.63, 3.8) is 0 Å². The zero-order valence-corrected chi connectivity index (χ0v) is 10.3. The molecule has 1 unspecified atom stereocenters. The van der Waals surface area contributed by atoms with Crippen LogP contribution in [0.1, 0.15) is 19.3 Å². The van der Waals surface area contributed by atoms with Crippen LogP contribution in [-0.4, -0.2) is 48.5 Å². The molecule has 2 saturated heterocycles. The molecular formula is C11H18O4S. The molecule has 0 radical (unpaired) electrons. The normalized spacial score (nSPS) is 33.6. The Balaban J connectivity index is 2.27. The molecule has 4 nitrogen and oxygen atoms in total. The Morgan fingerprint density at radius 1 is 1.38 bits per heavy atom. The highest BCUT2D eigenvalue weighted by atomic mass is 32.2. The maximum absolute atomic E-state index is 12.0. The SMILES string of the molecule is COC(=O)C1(C2(O)CCSCC2)CCOC1. The van der Waals surface area contributed by atoms with Crippen molar-refractivity contribution in [3.8, 4) is 0 Å². The summed E-state index contributed by atoms with van der Waals surface area (Å²) >= 11 is 1.82. The van der Waals surface area contributed by atoms with Gasteiger partial charge in [0.2, 0.25) is 0 Å². The maximum Gasteiger partial charge on any atom is 0.317 e.